The third-order valence-electron chi connectivity index (χ3n) is 4.40. The predicted octanol–water partition coefficient (Wildman–Crippen LogP) is 2.90. The van der Waals surface area contributed by atoms with Crippen molar-refractivity contribution in [1.82, 2.24) is 10.2 Å². The van der Waals surface area contributed by atoms with Crippen LogP contribution in [0.4, 0.5) is 0 Å². The van der Waals surface area contributed by atoms with Crippen LogP contribution in [0.5, 0.6) is 0 Å². The third kappa shape index (κ3) is 5.35. The number of likely N-dealkylation sites (tertiary alicyclic amines) is 1. The van der Waals surface area contributed by atoms with Gasteiger partial charge in [0.1, 0.15) is 0 Å². The van der Waals surface area contributed by atoms with Crippen molar-refractivity contribution in [3.8, 4) is 0 Å². The highest BCUT2D eigenvalue weighted by atomic mass is 32.2. The summed E-state index contributed by atoms with van der Waals surface area (Å²) in [5, 5.41) is 3.38. The highest BCUT2D eigenvalue weighted by Gasteiger charge is 2.25. The van der Waals surface area contributed by atoms with Crippen molar-refractivity contribution in [2.24, 2.45) is 0 Å². The number of nitrogens with zero attached hydrogens (tertiary/aromatic N) is 1. The molecule has 1 saturated heterocycles. The minimum absolute atomic E-state index is 0.282. The van der Waals surface area contributed by atoms with E-state index in [1.54, 1.807) is 0 Å². The molecule has 1 aliphatic heterocycles. The Hall–Kier alpha value is -0.220. The van der Waals surface area contributed by atoms with Crippen LogP contribution in [0.2, 0.25) is 0 Å². The zero-order valence-electron chi connectivity index (χ0n) is 12.8. The summed E-state index contributed by atoms with van der Waals surface area (Å²) in [6, 6.07) is 0. The second kappa shape index (κ2) is 8.85. The second-order valence-corrected chi connectivity index (χ2v) is 6.77. The summed E-state index contributed by atoms with van der Waals surface area (Å²) >= 11 is 1.92. The van der Waals surface area contributed by atoms with Crippen molar-refractivity contribution in [3.63, 3.8) is 0 Å². The Balaban J connectivity index is 2.32. The topological polar surface area (TPSA) is 32.3 Å². The molecular formula is C15H30N2OS. The van der Waals surface area contributed by atoms with Crippen molar-refractivity contribution in [2.75, 3.05) is 32.4 Å². The van der Waals surface area contributed by atoms with E-state index in [2.05, 4.69) is 25.4 Å². The minimum atomic E-state index is 0.282. The molecule has 0 spiro atoms. The van der Waals surface area contributed by atoms with Gasteiger partial charge >= 0.3 is 0 Å². The normalized spacial score (nSPS) is 17.3. The number of nitrogens with one attached hydrogen (secondary N) is 1. The quantitative estimate of drug-likeness (QED) is 0.781. The number of hydrogen-bond acceptors (Lipinski definition) is 3. The zero-order valence-corrected chi connectivity index (χ0v) is 13.7. The molecule has 0 aromatic rings. The van der Waals surface area contributed by atoms with E-state index in [-0.39, 0.29) is 5.91 Å². The number of carbonyl (C=O) groups is 1. The first-order valence-corrected chi connectivity index (χ1v) is 8.93. The van der Waals surface area contributed by atoms with E-state index in [0.29, 0.717) is 11.3 Å². The van der Waals surface area contributed by atoms with Crippen molar-refractivity contribution >= 4 is 17.7 Å². The predicted molar refractivity (Wildman–Crippen MR) is 84.7 cm³/mol. The van der Waals surface area contributed by atoms with Crippen molar-refractivity contribution in [1.29, 1.82) is 0 Å². The second-order valence-electron chi connectivity index (χ2n) is 5.49. The lowest BCUT2D eigenvalue weighted by Crippen LogP contribution is -2.43. The van der Waals surface area contributed by atoms with Crippen LogP contribution in [0, 0.1) is 0 Å². The number of thioether (sulfide) groups is 1. The molecule has 4 heteroatoms. The lowest BCUT2D eigenvalue weighted by atomic mass is 10.0. The molecule has 0 aliphatic carbocycles. The maximum Gasteiger partial charge on any atom is 0.236 e. The van der Waals surface area contributed by atoms with Gasteiger partial charge in [-0.2, -0.15) is 11.8 Å². The van der Waals surface area contributed by atoms with Gasteiger partial charge in [0.15, 0.2) is 0 Å². The molecule has 0 aromatic heterocycles. The number of carbonyl (C=O) groups excluding carboxylic acids is 1. The summed E-state index contributed by atoms with van der Waals surface area (Å²) in [4.78, 5) is 14.2. The Morgan fingerprint density at radius 2 is 1.74 bits per heavy atom. The van der Waals surface area contributed by atoms with Gasteiger partial charge in [-0.3, -0.25) is 4.79 Å². The molecule has 1 N–H and O–H groups in total. The van der Waals surface area contributed by atoms with Gasteiger partial charge < -0.3 is 10.2 Å². The molecule has 1 rings (SSSR count). The molecule has 0 saturated carbocycles. The molecule has 3 nitrogen and oxygen atoms in total. The molecule has 0 bridgehead atoms. The van der Waals surface area contributed by atoms with Crippen molar-refractivity contribution in [3.05, 3.63) is 0 Å². The first-order chi connectivity index (χ1) is 9.17. The highest BCUT2D eigenvalue weighted by molar-refractivity contribution is 8.00. The van der Waals surface area contributed by atoms with E-state index in [4.69, 9.17) is 0 Å². The average Bonchev–Trinajstić information content (AvgIpc) is 2.73. The van der Waals surface area contributed by atoms with Gasteiger partial charge in [0.25, 0.3) is 0 Å². The monoisotopic (exact) mass is 286 g/mol. The molecule has 0 unspecified atom stereocenters. The summed E-state index contributed by atoms with van der Waals surface area (Å²) < 4.78 is 0.291. The third-order valence-corrected chi connectivity index (χ3v) is 5.99. The highest BCUT2D eigenvalue weighted by Crippen LogP contribution is 2.29. The molecule has 1 heterocycles. The Kier molecular flexibility index (Phi) is 7.84. The number of amides is 1. The van der Waals surface area contributed by atoms with Gasteiger partial charge in [0, 0.05) is 24.4 Å². The Bertz CT molecular complexity index is 251. The van der Waals surface area contributed by atoms with E-state index < -0.39 is 0 Å². The average molecular weight is 286 g/mol. The maximum atomic E-state index is 12.2. The summed E-state index contributed by atoms with van der Waals surface area (Å²) in [6.07, 6.45) is 9.36. The SMILES string of the molecule is CCC(CC)(CNCC(=O)N1CCCCCC1)SC. The first-order valence-electron chi connectivity index (χ1n) is 7.71. The summed E-state index contributed by atoms with van der Waals surface area (Å²) in [7, 11) is 0. The fraction of sp³-hybridized carbons (Fsp3) is 0.933. The van der Waals surface area contributed by atoms with Gasteiger partial charge in [-0.15, -0.1) is 0 Å². The molecule has 0 atom stereocenters. The largest absolute Gasteiger partial charge is 0.342 e. The maximum absolute atomic E-state index is 12.2. The van der Waals surface area contributed by atoms with Gasteiger partial charge in [-0.25, -0.2) is 0 Å². The van der Waals surface area contributed by atoms with E-state index >= 15 is 0 Å². The first kappa shape index (κ1) is 16.8. The molecule has 1 aliphatic rings. The van der Waals surface area contributed by atoms with Gasteiger partial charge in [0.05, 0.1) is 6.54 Å². The summed E-state index contributed by atoms with van der Waals surface area (Å²) in [5.74, 6) is 0.282. The summed E-state index contributed by atoms with van der Waals surface area (Å²) in [5.41, 5.74) is 0. The fourth-order valence-corrected chi connectivity index (χ4v) is 3.51. The van der Waals surface area contributed by atoms with Crippen LogP contribution >= 0.6 is 11.8 Å². The van der Waals surface area contributed by atoms with Crippen LogP contribution < -0.4 is 5.32 Å². The van der Waals surface area contributed by atoms with Crippen LogP contribution in [-0.4, -0.2) is 48.0 Å². The van der Waals surface area contributed by atoms with Gasteiger partial charge in [0.2, 0.25) is 5.91 Å². The van der Waals surface area contributed by atoms with Crippen LogP contribution in [0.1, 0.15) is 52.4 Å². The van der Waals surface area contributed by atoms with Crippen LogP contribution in [0.25, 0.3) is 0 Å². The van der Waals surface area contributed by atoms with E-state index in [1.807, 2.05) is 16.7 Å². The van der Waals surface area contributed by atoms with E-state index in [0.717, 1.165) is 32.5 Å². The molecule has 112 valence electrons. The van der Waals surface area contributed by atoms with Crippen molar-refractivity contribution in [2.45, 2.75) is 57.1 Å². The molecule has 0 radical (unpaired) electrons. The lowest BCUT2D eigenvalue weighted by molar-refractivity contribution is -0.130. The van der Waals surface area contributed by atoms with Crippen LogP contribution in [0.15, 0.2) is 0 Å². The molecule has 1 amide bonds. The zero-order chi connectivity index (χ0) is 14.1. The molecule has 0 aromatic carbocycles. The number of hydrogen-bond donors (Lipinski definition) is 1. The smallest absolute Gasteiger partial charge is 0.236 e. The fourth-order valence-electron chi connectivity index (χ4n) is 2.69. The molecule has 19 heavy (non-hydrogen) atoms. The lowest BCUT2D eigenvalue weighted by Gasteiger charge is -2.30. The van der Waals surface area contributed by atoms with Crippen LogP contribution in [-0.2, 0) is 4.79 Å². The minimum Gasteiger partial charge on any atom is -0.342 e. The number of rotatable bonds is 7. The van der Waals surface area contributed by atoms with Crippen molar-refractivity contribution < 1.29 is 4.79 Å². The summed E-state index contributed by atoms with van der Waals surface area (Å²) in [6.45, 7) is 7.81. The Labute approximate surface area is 122 Å². The Morgan fingerprint density at radius 1 is 1.16 bits per heavy atom. The van der Waals surface area contributed by atoms with E-state index in [9.17, 15) is 4.79 Å². The van der Waals surface area contributed by atoms with E-state index in [1.165, 1.54) is 25.7 Å². The molecule has 1 fully saturated rings. The van der Waals surface area contributed by atoms with Crippen LogP contribution in [0.3, 0.4) is 0 Å². The standard InChI is InChI=1S/C15H30N2OS/c1-4-15(5-2,19-3)13-16-12-14(18)17-10-8-6-7-9-11-17/h16H,4-13H2,1-3H3. The van der Waals surface area contributed by atoms with Gasteiger partial charge in [-0.1, -0.05) is 26.7 Å². The molecular weight excluding hydrogens is 256 g/mol. The van der Waals surface area contributed by atoms with Gasteiger partial charge in [-0.05, 0) is 31.9 Å². The Morgan fingerprint density at radius 3 is 2.21 bits per heavy atom.